The van der Waals surface area contributed by atoms with Crippen LogP contribution in [0.2, 0.25) is 0 Å². The number of para-hydroxylation sites is 1. The van der Waals surface area contributed by atoms with Crippen molar-refractivity contribution in [3.05, 3.63) is 65.3 Å². The van der Waals surface area contributed by atoms with Gasteiger partial charge in [-0.25, -0.2) is 4.79 Å². The molecule has 3 nitrogen and oxygen atoms in total. The summed E-state index contributed by atoms with van der Waals surface area (Å²) < 4.78 is 4.84. The third-order valence-corrected chi connectivity index (χ3v) is 2.64. The van der Waals surface area contributed by atoms with Crippen LogP contribution in [0.15, 0.2) is 64.1 Å². The largest absolute Gasteiger partial charge is 0.431 e. The minimum Gasteiger partial charge on any atom is -0.431 e. The van der Waals surface area contributed by atoms with E-state index < -0.39 is 0 Å². The van der Waals surface area contributed by atoms with Gasteiger partial charge in [-0.05, 0) is 24.3 Å². The summed E-state index contributed by atoms with van der Waals surface area (Å²) in [5.41, 5.74) is 1.88. The minimum atomic E-state index is -0.343. The van der Waals surface area contributed by atoms with Crippen LogP contribution in [-0.2, 0) is 0 Å². The Labute approximate surface area is 97.4 Å². The Morgan fingerprint density at radius 3 is 2.82 bits per heavy atom. The second kappa shape index (κ2) is 3.87. The van der Waals surface area contributed by atoms with Crippen molar-refractivity contribution in [3.8, 4) is 11.1 Å². The molecule has 0 saturated heterocycles. The van der Waals surface area contributed by atoms with E-state index in [0.29, 0.717) is 5.56 Å². The highest BCUT2D eigenvalue weighted by molar-refractivity contribution is 5.83. The van der Waals surface area contributed by atoms with Gasteiger partial charge in [-0.3, -0.25) is 4.98 Å². The average Bonchev–Trinajstić information content (AvgIpc) is 2.39. The molecule has 0 unspecified atom stereocenters. The normalized spacial score (nSPS) is 10.6. The Balaban J connectivity index is 2.25. The van der Waals surface area contributed by atoms with E-state index in [2.05, 4.69) is 4.98 Å². The van der Waals surface area contributed by atoms with Crippen molar-refractivity contribution in [2.45, 2.75) is 0 Å². The second-order valence-corrected chi connectivity index (χ2v) is 3.73. The molecule has 0 spiro atoms. The molecule has 1 aromatic carbocycles. The molecule has 0 fully saturated rings. The van der Waals surface area contributed by atoms with Crippen LogP contribution in [0.4, 0.5) is 0 Å². The van der Waals surface area contributed by atoms with E-state index in [4.69, 9.17) is 4.42 Å². The van der Waals surface area contributed by atoms with Crippen LogP contribution in [0.5, 0.6) is 0 Å². The number of hydrogen-bond donors (Lipinski definition) is 0. The van der Waals surface area contributed by atoms with Crippen LogP contribution in [0.1, 0.15) is 0 Å². The fraction of sp³-hybridized carbons (Fsp3) is 0. The first kappa shape index (κ1) is 9.78. The molecule has 2 heterocycles. The van der Waals surface area contributed by atoms with Gasteiger partial charge < -0.3 is 4.42 Å². The number of hydrogen-bond acceptors (Lipinski definition) is 3. The van der Waals surface area contributed by atoms with Crippen LogP contribution in [0, 0.1) is 0 Å². The molecule has 0 N–H and O–H groups in total. The summed E-state index contributed by atoms with van der Waals surface area (Å²) in [5.74, 6) is 0. The topological polar surface area (TPSA) is 43.1 Å². The number of nitrogens with zero attached hydrogens (tertiary/aromatic N) is 1. The summed E-state index contributed by atoms with van der Waals surface area (Å²) >= 11 is 0. The van der Waals surface area contributed by atoms with Crippen molar-refractivity contribution in [1.82, 2.24) is 4.98 Å². The molecule has 0 bridgehead atoms. The maximum Gasteiger partial charge on any atom is 0.343 e. The molecule has 82 valence electrons. The van der Waals surface area contributed by atoms with Gasteiger partial charge in [-0.15, -0.1) is 0 Å². The molecule has 3 aromatic rings. The Kier molecular flexibility index (Phi) is 2.22. The van der Waals surface area contributed by atoms with Crippen molar-refractivity contribution in [2.75, 3.05) is 0 Å². The van der Waals surface area contributed by atoms with Crippen molar-refractivity contribution in [1.29, 1.82) is 0 Å². The van der Waals surface area contributed by atoms with E-state index in [-0.39, 0.29) is 5.63 Å². The third kappa shape index (κ3) is 1.72. The molecule has 0 radical (unpaired) electrons. The lowest BCUT2D eigenvalue weighted by atomic mass is 10.1. The van der Waals surface area contributed by atoms with E-state index in [1.807, 2.05) is 30.3 Å². The lowest BCUT2D eigenvalue weighted by molar-refractivity contribution is 0.513. The first-order valence-electron chi connectivity index (χ1n) is 5.27. The molecule has 0 amide bonds. The van der Waals surface area contributed by atoms with Gasteiger partial charge in [0, 0.05) is 17.1 Å². The summed E-state index contributed by atoms with van der Waals surface area (Å²) in [7, 11) is 0. The van der Waals surface area contributed by atoms with Gasteiger partial charge in [0.15, 0.2) is 0 Å². The molecule has 3 rings (SSSR count). The first-order chi connectivity index (χ1) is 8.34. The summed E-state index contributed by atoms with van der Waals surface area (Å²) in [6, 6.07) is 13.2. The standard InChI is InChI=1S/C14H9NO2/c16-14-12(5-3-7-17-14)11-8-10-4-1-2-6-13(10)15-9-11/h1-9H. The van der Waals surface area contributed by atoms with Crippen molar-refractivity contribution >= 4 is 10.9 Å². The fourth-order valence-electron chi connectivity index (χ4n) is 1.80. The molecule has 0 aliphatic carbocycles. The van der Waals surface area contributed by atoms with E-state index in [1.165, 1.54) is 6.26 Å². The molecule has 0 aliphatic rings. The number of pyridine rings is 1. The predicted molar refractivity (Wildman–Crippen MR) is 65.7 cm³/mol. The van der Waals surface area contributed by atoms with Gasteiger partial charge in [-0.1, -0.05) is 18.2 Å². The van der Waals surface area contributed by atoms with Crippen molar-refractivity contribution < 1.29 is 4.42 Å². The van der Waals surface area contributed by atoms with Crippen molar-refractivity contribution in [3.63, 3.8) is 0 Å². The van der Waals surface area contributed by atoms with E-state index in [0.717, 1.165) is 16.5 Å². The Hall–Kier alpha value is -2.42. The lowest BCUT2D eigenvalue weighted by Gasteiger charge is -2.01. The number of aromatic nitrogens is 1. The Morgan fingerprint density at radius 2 is 1.94 bits per heavy atom. The van der Waals surface area contributed by atoms with Crippen LogP contribution in [-0.4, -0.2) is 4.98 Å². The highest BCUT2D eigenvalue weighted by atomic mass is 16.4. The zero-order valence-corrected chi connectivity index (χ0v) is 8.96. The van der Waals surface area contributed by atoms with Crippen LogP contribution < -0.4 is 5.63 Å². The summed E-state index contributed by atoms with van der Waals surface area (Å²) in [6.07, 6.45) is 3.06. The average molecular weight is 223 g/mol. The number of benzene rings is 1. The molecular weight excluding hydrogens is 214 g/mol. The van der Waals surface area contributed by atoms with E-state index in [1.54, 1.807) is 18.3 Å². The summed E-state index contributed by atoms with van der Waals surface area (Å²) in [6.45, 7) is 0. The molecule has 0 aliphatic heterocycles. The summed E-state index contributed by atoms with van der Waals surface area (Å²) in [4.78, 5) is 15.9. The number of fused-ring (bicyclic) bond motifs is 1. The van der Waals surface area contributed by atoms with Gasteiger partial charge in [0.05, 0.1) is 17.3 Å². The maximum atomic E-state index is 11.6. The Bertz CT molecular complexity index is 731. The molecular formula is C14H9NO2. The highest BCUT2D eigenvalue weighted by Gasteiger charge is 2.04. The zero-order chi connectivity index (χ0) is 11.7. The van der Waals surface area contributed by atoms with Gasteiger partial charge in [0.25, 0.3) is 0 Å². The van der Waals surface area contributed by atoms with Crippen molar-refractivity contribution in [2.24, 2.45) is 0 Å². The monoisotopic (exact) mass is 223 g/mol. The maximum absolute atomic E-state index is 11.6. The third-order valence-electron chi connectivity index (χ3n) is 2.64. The minimum absolute atomic E-state index is 0.343. The second-order valence-electron chi connectivity index (χ2n) is 3.73. The quantitative estimate of drug-likeness (QED) is 0.637. The lowest BCUT2D eigenvalue weighted by Crippen LogP contribution is -2.01. The van der Waals surface area contributed by atoms with Gasteiger partial charge in [0.2, 0.25) is 0 Å². The molecule has 0 saturated carbocycles. The van der Waals surface area contributed by atoms with Gasteiger partial charge >= 0.3 is 5.63 Å². The number of rotatable bonds is 1. The van der Waals surface area contributed by atoms with Gasteiger partial charge in [-0.2, -0.15) is 0 Å². The van der Waals surface area contributed by atoms with E-state index >= 15 is 0 Å². The Morgan fingerprint density at radius 1 is 1.06 bits per heavy atom. The van der Waals surface area contributed by atoms with Crippen LogP contribution in [0.3, 0.4) is 0 Å². The van der Waals surface area contributed by atoms with Gasteiger partial charge in [0.1, 0.15) is 0 Å². The molecule has 3 heteroatoms. The first-order valence-corrected chi connectivity index (χ1v) is 5.27. The highest BCUT2D eigenvalue weighted by Crippen LogP contribution is 2.19. The summed E-state index contributed by atoms with van der Waals surface area (Å²) in [5, 5.41) is 1.01. The fourth-order valence-corrected chi connectivity index (χ4v) is 1.80. The SMILES string of the molecule is O=c1occcc1-c1cnc2ccccc2c1. The van der Waals surface area contributed by atoms with E-state index in [9.17, 15) is 4.79 Å². The van der Waals surface area contributed by atoms with Crippen LogP contribution in [0.25, 0.3) is 22.0 Å². The van der Waals surface area contributed by atoms with Crippen LogP contribution >= 0.6 is 0 Å². The molecule has 0 atom stereocenters. The zero-order valence-electron chi connectivity index (χ0n) is 8.96. The molecule has 17 heavy (non-hydrogen) atoms. The predicted octanol–water partition coefficient (Wildman–Crippen LogP) is 2.86. The smallest absolute Gasteiger partial charge is 0.343 e. The molecule has 2 aromatic heterocycles.